The monoisotopic (exact) mass is 356 g/mol. The van der Waals surface area contributed by atoms with E-state index in [2.05, 4.69) is 15.5 Å². The van der Waals surface area contributed by atoms with Crippen LogP contribution < -0.4 is 5.32 Å². The molecular formula is C18H20N4O2S. The van der Waals surface area contributed by atoms with E-state index in [1.807, 2.05) is 54.8 Å². The molecule has 0 aliphatic rings. The molecule has 0 bridgehead atoms. The molecule has 1 N–H and O–H groups in total. The van der Waals surface area contributed by atoms with E-state index in [1.165, 1.54) is 17.3 Å². The number of aryl methyl sites for hydroxylation is 1. The topological polar surface area (TPSA) is 73.0 Å². The second-order valence-electron chi connectivity index (χ2n) is 5.52. The van der Waals surface area contributed by atoms with Crippen LogP contribution in [-0.2, 0) is 17.9 Å². The maximum atomic E-state index is 12.1. The molecule has 0 saturated carbocycles. The summed E-state index contributed by atoms with van der Waals surface area (Å²) in [5, 5.41) is 12.0. The Bertz CT molecular complexity index is 843. The number of carbonyl (C=O) groups is 1. The van der Waals surface area contributed by atoms with Crippen LogP contribution in [0.25, 0.3) is 11.6 Å². The zero-order valence-electron chi connectivity index (χ0n) is 14.2. The molecule has 0 aliphatic heterocycles. The first-order chi connectivity index (χ1) is 12.2. The lowest BCUT2D eigenvalue weighted by atomic mass is 10.1. The number of hydrogen-bond acceptors (Lipinski definition) is 5. The predicted octanol–water partition coefficient (Wildman–Crippen LogP) is 3.27. The minimum absolute atomic E-state index is 0.0292. The zero-order valence-corrected chi connectivity index (χ0v) is 15.0. The first-order valence-electron chi connectivity index (χ1n) is 8.10. The third kappa shape index (κ3) is 4.11. The molecule has 0 saturated heterocycles. The van der Waals surface area contributed by atoms with Gasteiger partial charge in [0, 0.05) is 13.1 Å². The summed E-state index contributed by atoms with van der Waals surface area (Å²) in [4.78, 5) is 12.1. The molecule has 25 heavy (non-hydrogen) atoms. The molecule has 2 heterocycles. The van der Waals surface area contributed by atoms with Gasteiger partial charge in [0.15, 0.2) is 16.7 Å². The van der Waals surface area contributed by atoms with Crippen LogP contribution in [0.3, 0.4) is 0 Å². The number of benzene rings is 1. The Kier molecular flexibility index (Phi) is 5.55. The molecule has 3 rings (SSSR count). The van der Waals surface area contributed by atoms with E-state index in [0.717, 1.165) is 5.56 Å². The van der Waals surface area contributed by atoms with Crippen LogP contribution in [0.2, 0.25) is 0 Å². The van der Waals surface area contributed by atoms with Gasteiger partial charge in [0.25, 0.3) is 0 Å². The molecule has 0 radical (unpaired) electrons. The van der Waals surface area contributed by atoms with Gasteiger partial charge in [-0.25, -0.2) is 0 Å². The highest BCUT2D eigenvalue weighted by Gasteiger charge is 2.16. The third-order valence-corrected chi connectivity index (χ3v) is 4.81. The molecule has 0 atom stereocenters. The summed E-state index contributed by atoms with van der Waals surface area (Å²) in [5.74, 6) is 1.61. The Morgan fingerprint density at radius 2 is 2.08 bits per heavy atom. The summed E-state index contributed by atoms with van der Waals surface area (Å²) in [6.45, 7) is 5.29. The van der Waals surface area contributed by atoms with Crippen molar-refractivity contribution in [1.29, 1.82) is 0 Å². The van der Waals surface area contributed by atoms with E-state index in [4.69, 9.17) is 4.42 Å². The molecule has 0 spiro atoms. The van der Waals surface area contributed by atoms with Gasteiger partial charge in [0.1, 0.15) is 0 Å². The van der Waals surface area contributed by atoms with Gasteiger partial charge in [-0.2, -0.15) is 0 Å². The van der Waals surface area contributed by atoms with Gasteiger partial charge in [0.2, 0.25) is 5.91 Å². The number of furan rings is 1. The molecule has 0 aliphatic carbocycles. The first kappa shape index (κ1) is 17.3. The van der Waals surface area contributed by atoms with E-state index in [0.29, 0.717) is 35.6 Å². The van der Waals surface area contributed by atoms with Crippen molar-refractivity contribution in [3.05, 3.63) is 53.8 Å². The van der Waals surface area contributed by atoms with Crippen molar-refractivity contribution in [2.24, 2.45) is 0 Å². The Labute approximate surface area is 150 Å². The first-order valence-corrected chi connectivity index (χ1v) is 9.08. The zero-order chi connectivity index (χ0) is 17.6. The lowest BCUT2D eigenvalue weighted by molar-refractivity contribution is -0.118. The summed E-state index contributed by atoms with van der Waals surface area (Å²) < 4.78 is 7.33. The van der Waals surface area contributed by atoms with Crippen LogP contribution in [0.15, 0.2) is 52.2 Å². The van der Waals surface area contributed by atoms with Crippen molar-refractivity contribution in [2.45, 2.75) is 32.1 Å². The van der Waals surface area contributed by atoms with Crippen LogP contribution in [0, 0.1) is 6.92 Å². The fourth-order valence-electron chi connectivity index (χ4n) is 2.45. The third-order valence-electron chi connectivity index (χ3n) is 3.84. The summed E-state index contributed by atoms with van der Waals surface area (Å²) in [6, 6.07) is 11.7. The number of rotatable bonds is 7. The number of thioether (sulfide) groups is 1. The van der Waals surface area contributed by atoms with Crippen molar-refractivity contribution in [1.82, 2.24) is 20.1 Å². The molecule has 1 aromatic carbocycles. The van der Waals surface area contributed by atoms with Crippen LogP contribution in [0.5, 0.6) is 0 Å². The summed E-state index contributed by atoms with van der Waals surface area (Å²) in [5.41, 5.74) is 2.29. The SMILES string of the molecule is CCn1c(SCC(=O)NCc2ccccc2C)nnc1-c1ccco1. The standard InChI is InChI=1S/C18H20N4O2S/c1-3-22-17(15-9-6-10-24-15)20-21-18(22)25-12-16(23)19-11-14-8-5-4-7-13(14)2/h4-10H,3,11-12H2,1-2H3,(H,19,23). The normalized spacial score (nSPS) is 10.8. The molecule has 3 aromatic rings. The highest BCUT2D eigenvalue weighted by Crippen LogP contribution is 2.24. The number of aromatic nitrogens is 3. The number of hydrogen-bond donors (Lipinski definition) is 1. The second kappa shape index (κ2) is 8.02. The van der Waals surface area contributed by atoms with Gasteiger partial charge in [-0.3, -0.25) is 9.36 Å². The van der Waals surface area contributed by atoms with Crippen molar-refractivity contribution in [3.63, 3.8) is 0 Å². The summed E-state index contributed by atoms with van der Waals surface area (Å²) in [6.07, 6.45) is 1.61. The van der Waals surface area contributed by atoms with Gasteiger partial charge in [-0.1, -0.05) is 36.0 Å². The van der Waals surface area contributed by atoms with Crippen LogP contribution in [0.4, 0.5) is 0 Å². The lowest BCUT2D eigenvalue weighted by Gasteiger charge is -2.08. The van der Waals surface area contributed by atoms with Crippen LogP contribution in [-0.4, -0.2) is 26.4 Å². The number of amides is 1. The van der Waals surface area contributed by atoms with Gasteiger partial charge in [-0.15, -0.1) is 10.2 Å². The van der Waals surface area contributed by atoms with Gasteiger partial charge in [-0.05, 0) is 37.1 Å². The minimum atomic E-state index is -0.0292. The quantitative estimate of drug-likeness (QED) is 0.658. The fourth-order valence-corrected chi connectivity index (χ4v) is 3.28. The van der Waals surface area contributed by atoms with Crippen molar-refractivity contribution < 1.29 is 9.21 Å². The molecule has 7 heteroatoms. The van der Waals surface area contributed by atoms with Crippen molar-refractivity contribution in [3.8, 4) is 11.6 Å². The lowest BCUT2D eigenvalue weighted by Crippen LogP contribution is -2.25. The summed E-state index contributed by atoms with van der Waals surface area (Å²) in [7, 11) is 0. The predicted molar refractivity (Wildman–Crippen MR) is 97.1 cm³/mol. The van der Waals surface area contributed by atoms with Gasteiger partial charge < -0.3 is 9.73 Å². The molecule has 130 valence electrons. The molecular weight excluding hydrogens is 336 g/mol. The Hall–Kier alpha value is -2.54. The van der Waals surface area contributed by atoms with Crippen LogP contribution in [0.1, 0.15) is 18.1 Å². The minimum Gasteiger partial charge on any atom is -0.461 e. The molecule has 6 nitrogen and oxygen atoms in total. The average Bonchev–Trinajstić information content (AvgIpc) is 3.28. The van der Waals surface area contributed by atoms with E-state index < -0.39 is 0 Å². The van der Waals surface area contributed by atoms with Crippen LogP contribution >= 0.6 is 11.8 Å². The van der Waals surface area contributed by atoms with Crippen molar-refractivity contribution >= 4 is 17.7 Å². The highest BCUT2D eigenvalue weighted by atomic mass is 32.2. The molecule has 0 fully saturated rings. The molecule has 1 amide bonds. The Morgan fingerprint density at radius 3 is 2.80 bits per heavy atom. The average molecular weight is 356 g/mol. The van der Waals surface area contributed by atoms with E-state index >= 15 is 0 Å². The van der Waals surface area contributed by atoms with E-state index in [9.17, 15) is 4.79 Å². The summed E-state index contributed by atoms with van der Waals surface area (Å²) >= 11 is 1.37. The number of nitrogens with zero attached hydrogens (tertiary/aromatic N) is 3. The smallest absolute Gasteiger partial charge is 0.230 e. The van der Waals surface area contributed by atoms with E-state index in [1.54, 1.807) is 6.26 Å². The van der Waals surface area contributed by atoms with Gasteiger partial charge >= 0.3 is 0 Å². The fraction of sp³-hybridized carbons (Fsp3) is 0.278. The highest BCUT2D eigenvalue weighted by molar-refractivity contribution is 7.99. The maximum Gasteiger partial charge on any atom is 0.230 e. The Balaban J connectivity index is 1.58. The molecule has 0 unspecified atom stereocenters. The Morgan fingerprint density at radius 1 is 1.24 bits per heavy atom. The van der Waals surface area contributed by atoms with Crippen molar-refractivity contribution in [2.75, 3.05) is 5.75 Å². The second-order valence-corrected chi connectivity index (χ2v) is 6.46. The number of nitrogens with one attached hydrogen (secondary N) is 1. The number of carbonyl (C=O) groups excluding carboxylic acids is 1. The molecule has 2 aromatic heterocycles. The van der Waals surface area contributed by atoms with Gasteiger partial charge in [0.05, 0.1) is 12.0 Å². The van der Waals surface area contributed by atoms with E-state index in [-0.39, 0.29) is 5.91 Å². The maximum absolute atomic E-state index is 12.1. The largest absolute Gasteiger partial charge is 0.461 e.